The topological polar surface area (TPSA) is 78.5 Å². The molecule has 2 aromatic rings. The van der Waals surface area contributed by atoms with E-state index in [1.54, 1.807) is 64.1 Å². The van der Waals surface area contributed by atoms with Crippen LogP contribution in [0.1, 0.15) is 27.7 Å². The van der Waals surface area contributed by atoms with Gasteiger partial charge in [0.25, 0.3) is 10.0 Å². The fraction of sp³-hybridized carbons (Fsp3) is 0.300. The maximum Gasteiger partial charge on any atom is 0.264 e. The number of carbonyl (C=O) groups excluding carboxylic acids is 1. The number of para-hydroxylation sites is 1. The van der Waals surface area contributed by atoms with E-state index < -0.39 is 15.4 Å². The van der Waals surface area contributed by atoms with Crippen LogP contribution in [0.25, 0.3) is 0 Å². The van der Waals surface area contributed by atoms with Crippen molar-refractivity contribution in [1.29, 1.82) is 0 Å². The van der Waals surface area contributed by atoms with E-state index in [1.165, 1.54) is 16.4 Å². The molecule has 2 rings (SSSR count). The number of nitrogens with zero attached hydrogens (tertiary/aromatic N) is 1. The predicted molar refractivity (Wildman–Crippen MR) is 117 cm³/mol. The minimum absolute atomic E-state index is 0.162. The number of benzene rings is 2. The van der Waals surface area contributed by atoms with E-state index in [9.17, 15) is 13.2 Å². The van der Waals surface area contributed by atoms with Gasteiger partial charge in [-0.15, -0.1) is 0 Å². The molecule has 0 spiro atoms. The third-order valence-corrected chi connectivity index (χ3v) is 6.06. The van der Waals surface area contributed by atoms with Crippen LogP contribution >= 0.6 is 12.2 Å². The van der Waals surface area contributed by atoms with Crippen LogP contribution in [-0.4, -0.2) is 26.0 Å². The van der Waals surface area contributed by atoms with Gasteiger partial charge >= 0.3 is 0 Å². The van der Waals surface area contributed by atoms with Crippen molar-refractivity contribution in [1.82, 2.24) is 5.32 Å². The van der Waals surface area contributed by atoms with Crippen molar-refractivity contribution in [2.24, 2.45) is 5.41 Å². The normalized spacial score (nSPS) is 11.6. The molecule has 0 atom stereocenters. The Hall–Kier alpha value is -2.45. The van der Waals surface area contributed by atoms with E-state index in [0.717, 1.165) is 0 Å². The van der Waals surface area contributed by atoms with Crippen LogP contribution in [0.4, 0.5) is 11.4 Å². The van der Waals surface area contributed by atoms with E-state index >= 15 is 0 Å². The third-order valence-electron chi connectivity index (χ3n) is 3.94. The molecule has 0 aliphatic rings. The lowest BCUT2D eigenvalue weighted by atomic mass is 9.96. The van der Waals surface area contributed by atoms with Gasteiger partial charge in [0.15, 0.2) is 5.11 Å². The molecule has 0 saturated heterocycles. The van der Waals surface area contributed by atoms with Gasteiger partial charge in [-0.05, 0) is 55.5 Å². The van der Waals surface area contributed by atoms with Crippen molar-refractivity contribution in [2.45, 2.75) is 32.6 Å². The maximum absolute atomic E-state index is 13.0. The van der Waals surface area contributed by atoms with Crippen LogP contribution < -0.4 is 14.9 Å². The summed E-state index contributed by atoms with van der Waals surface area (Å²) in [5, 5.41) is 5.67. The minimum Gasteiger partial charge on any atom is -0.332 e. The van der Waals surface area contributed by atoms with Crippen LogP contribution in [-0.2, 0) is 14.8 Å². The summed E-state index contributed by atoms with van der Waals surface area (Å²) in [6.07, 6.45) is 0. The second kappa shape index (κ2) is 8.70. The summed E-state index contributed by atoms with van der Waals surface area (Å²) in [4.78, 5) is 12.1. The fourth-order valence-corrected chi connectivity index (χ4v) is 4.06. The molecule has 0 aliphatic carbocycles. The molecule has 0 unspecified atom stereocenters. The number of thiocarbonyl (C=S) groups is 1. The maximum atomic E-state index is 13.0. The number of hydrogen-bond acceptors (Lipinski definition) is 4. The van der Waals surface area contributed by atoms with Gasteiger partial charge in [-0.2, -0.15) is 0 Å². The first-order chi connectivity index (χ1) is 13.1. The smallest absolute Gasteiger partial charge is 0.264 e. The molecule has 6 nitrogen and oxygen atoms in total. The van der Waals surface area contributed by atoms with Crippen molar-refractivity contribution in [3.05, 3.63) is 54.6 Å². The predicted octanol–water partition coefficient (Wildman–Crippen LogP) is 3.76. The molecule has 8 heteroatoms. The highest BCUT2D eigenvalue weighted by Gasteiger charge is 2.24. The summed E-state index contributed by atoms with van der Waals surface area (Å²) in [5.41, 5.74) is 0.629. The highest BCUT2D eigenvalue weighted by Crippen LogP contribution is 2.24. The molecular weight excluding hydrogens is 394 g/mol. The highest BCUT2D eigenvalue weighted by atomic mass is 32.2. The van der Waals surface area contributed by atoms with Gasteiger partial charge in [-0.25, -0.2) is 8.42 Å². The third kappa shape index (κ3) is 5.30. The van der Waals surface area contributed by atoms with E-state index in [-0.39, 0.29) is 15.9 Å². The zero-order chi connectivity index (χ0) is 20.9. The minimum atomic E-state index is -3.68. The molecule has 0 fully saturated rings. The second-order valence-corrected chi connectivity index (χ2v) is 9.46. The van der Waals surface area contributed by atoms with Gasteiger partial charge in [0.1, 0.15) is 0 Å². The fourth-order valence-electron chi connectivity index (χ4n) is 2.38. The zero-order valence-corrected chi connectivity index (χ0v) is 18.0. The Balaban J connectivity index is 2.15. The largest absolute Gasteiger partial charge is 0.332 e. The van der Waals surface area contributed by atoms with Crippen molar-refractivity contribution in [3.63, 3.8) is 0 Å². The monoisotopic (exact) mass is 419 g/mol. The van der Waals surface area contributed by atoms with E-state index in [4.69, 9.17) is 12.2 Å². The number of sulfonamides is 1. The molecule has 0 heterocycles. The molecular formula is C20H25N3O3S2. The van der Waals surface area contributed by atoms with Gasteiger partial charge < -0.3 is 10.6 Å². The standard InChI is InChI=1S/C20H25N3O3S2/c1-5-23(16-9-7-6-8-10-16)28(25,26)17-13-11-15(12-14-17)21-19(27)22-18(24)20(2,3)4/h6-14H,5H2,1-4H3,(H2,21,22,24,27). The zero-order valence-electron chi connectivity index (χ0n) is 16.4. The van der Waals surface area contributed by atoms with Crippen LogP contribution in [0.15, 0.2) is 59.5 Å². The van der Waals surface area contributed by atoms with Crippen LogP contribution in [0.2, 0.25) is 0 Å². The number of carbonyl (C=O) groups is 1. The molecule has 0 aromatic heterocycles. The Labute approximate surface area is 172 Å². The molecule has 0 saturated carbocycles. The molecule has 2 N–H and O–H groups in total. The van der Waals surface area contributed by atoms with Crippen LogP contribution in [0, 0.1) is 5.41 Å². The highest BCUT2D eigenvalue weighted by molar-refractivity contribution is 7.92. The second-order valence-electron chi connectivity index (χ2n) is 7.19. The lowest BCUT2D eigenvalue weighted by molar-refractivity contribution is -0.126. The Morgan fingerprint density at radius 2 is 1.61 bits per heavy atom. The van der Waals surface area contributed by atoms with Crippen molar-refractivity contribution < 1.29 is 13.2 Å². The molecule has 0 aliphatic heterocycles. The SMILES string of the molecule is CCN(c1ccccc1)S(=O)(=O)c1ccc(NC(=S)NC(=O)C(C)(C)C)cc1. The van der Waals surface area contributed by atoms with Crippen molar-refractivity contribution in [2.75, 3.05) is 16.2 Å². The van der Waals surface area contributed by atoms with E-state index in [0.29, 0.717) is 17.9 Å². The Bertz CT molecular complexity index is 935. The summed E-state index contributed by atoms with van der Waals surface area (Å²) in [6, 6.07) is 15.2. The van der Waals surface area contributed by atoms with Crippen LogP contribution in [0.5, 0.6) is 0 Å². The number of anilines is 2. The van der Waals surface area contributed by atoms with Gasteiger partial charge in [0.2, 0.25) is 5.91 Å². The first-order valence-electron chi connectivity index (χ1n) is 8.86. The number of nitrogens with one attached hydrogen (secondary N) is 2. The molecule has 150 valence electrons. The number of amides is 1. The van der Waals surface area contributed by atoms with Gasteiger partial charge in [-0.1, -0.05) is 39.0 Å². The van der Waals surface area contributed by atoms with Crippen LogP contribution in [0.3, 0.4) is 0 Å². The molecule has 0 radical (unpaired) electrons. The number of hydrogen-bond donors (Lipinski definition) is 2. The molecule has 28 heavy (non-hydrogen) atoms. The summed E-state index contributed by atoms with van der Waals surface area (Å²) in [5.74, 6) is -0.203. The quantitative estimate of drug-likeness (QED) is 0.722. The molecule has 1 amide bonds. The Morgan fingerprint density at radius 1 is 1.04 bits per heavy atom. The summed E-state index contributed by atoms with van der Waals surface area (Å²) >= 11 is 5.14. The Kier molecular flexibility index (Phi) is 6.79. The first-order valence-corrected chi connectivity index (χ1v) is 10.7. The van der Waals surface area contributed by atoms with Gasteiger partial charge in [-0.3, -0.25) is 9.10 Å². The van der Waals surface area contributed by atoms with Gasteiger partial charge in [0.05, 0.1) is 10.6 Å². The van der Waals surface area contributed by atoms with E-state index in [2.05, 4.69) is 10.6 Å². The lowest BCUT2D eigenvalue weighted by Crippen LogP contribution is -2.41. The van der Waals surface area contributed by atoms with Crippen molar-refractivity contribution >= 4 is 44.6 Å². The summed E-state index contributed by atoms with van der Waals surface area (Å²) in [6.45, 7) is 7.47. The first kappa shape index (κ1) is 21.8. The summed E-state index contributed by atoms with van der Waals surface area (Å²) in [7, 11) is -3.68. The summed E-state index contributed by atoms with van der Waals surface area (Å²) < 4.78 is 27.3. The average molecular weight is 420 g/mol. The van der Waals surface area contributed by atoms with E-state index in [1.807, 2.05) is 6.07 Å². The number of rotatable bonds is 5. The average Bonchev–Trinajstić information content (AvgIpc) is 2.62. The van der Waals surface area contributed by atoms with Gasteiger partial charge in [0, 0.05) is 17.6 Å². The molecule has 0 bridgehead atoms. The lowest BCUT2D eigenvalue weighted by Gasteiger charge is -2.23. The molecule has 2 aromatic carbocycles. The Morgan fingerprint density at radius 3 is 2.11 bits per heavy atom. The van der Waals surface area contributed by atoms with Crippen molar-refractivity contribution in [3.8, 4) is 0 Å².